The number of nitrogens with zero attached hydrogens (tertiary/aromatic N) is 3. The SMILES string of the molecule is CCC(C1=CCC(OCCC2(O)CCN(c3ccc(C#N)c(Cl)c3)CC2)C=C1)N1CCCC1. The molecule has 1 aromatic carbocycles. The molecule has 3 aliphatic rings. The number of aliphatic hydroxyl groups is 1. The number of hydrogen-bond acceptors (Lipinski definition) is 5. The molecule has 2 saturated heterocycles. The molecular formula is C27H36ClN3O2. The molecule has 33 heavy (non-hydrogen) atoms. The topological polar surface area (TPSA) is 59.7 Å². The quantitative estimate of drug-likeness (QED) is 0.575. The van der Waals surface area contributed by atoms with E-state index in [1.165, 1.54) is 31.5 Å². The van der Waals surface area contributed by atoms with E-state index in [0.29, 0.717) is 42.5 Å². The predicted molar refractivity (Wildman–Crippen MR) is 134 cm³/mol. The molecule has 0 bridgehead atoms. The minimum atomic E-state index is -0.685. The first-order valence-corrected chi connectivity index (χ1v) is 12.8. The average Bonchev–Trinajstić information content (AvgIpc) is 3.35. The van der Waals surface area contributed by atoms with Crippen molar-refractivity contribution in [3.63, 3.8) is 0 Å². The summed E-state index contributed by atoms with van der Waals surface area (Å²) in [5, 5.41) is 20.6. The molecule has 1 aromatic rings. The first-order valence-electron chi connectivity index (χ1n) is 12.4. The number of nitriles is 1. The van der Waals surface area contributed by atoms with Gasteiger partial charge in [0.05, 0.1) is 28.9 Å². The standard InChI is InChI=1S/C27H36ClN3O2/c1-2-26(31-14-3-4-15-31)21-6-9-24(10-7-21)33-18-13-27(32)11-16-30(17-12-27)23-8-5-22(20-29)25(28)19-23/h5-9,19,24,26,32H,2-4,10-18H2,1H3. The van der Waals surface area contributed by atoms with Crippen molar-refractivity contribution in [1.29, 1.82) is 5.26 Å². The highest BCUT2D eigenvalue weighted by molar-refractivity contribution is 6.32. The van der Waals surface area contributed by atoms with Crippen molar-refractivity contribution in [2.45, 2.75) is 69.6 Å². The lowest BCUT2D eigenvalue weighted by Crippen LogP contribution is -2.45. The number of ether oxygens (including phenoxy) is 1. The van der Waals surface area contributed by atoms with E-state index in [0.717, 1.165) is 31.6 Å². The lowest BCUT2D eigenvalue weighted by Gasteiger charge is -2.39. The van der Waals surface area contributed by atoms with Gasteiger partial charge < -0.3 is 14.7 Å². The Morgan fingerprint density at radius 2 is 2.00 bits per heavy atom. The third-order valence-corrected chi connectivity index (χ3v) is 7.79. The van der Waals surface area contributed by atoms with Crippen molar-refractivity contribution >= 4 is 17.3 Å². The molecule has 2 atom stereocenters. The second-order valence-electron chi connectivity index (χ2n) is 9.61. The van der Waals surface area contributed by atoms with Gasteiger partial charge in [-0.05, 0) is 81.8 Å². The minimum Gasteiger partial charge on any atom is -0.390 e. The van der Waals surface area contributed by atoms with Crippen LogP contribution in [0.2, 0.25) is 5.02 Å². The lowest BCUT2D eigenvalue weighted by atomic mass is 9.88. The van der Waals surface area contributed by atoms with Crippen LogP contribution in [-0.2, 0) is 4.74 Å². The molecule has 0 amide bonds. The molecule has 2 fully saturated rings. The van der Waals surface area contributed by atoms with E-state index in [-0.39, 0.29) is 6.10 Å². The van der Waals surface area contributed by atoms with Crippen LogP contribution in [-0.4, -0.2) is 60.5 Å². The van der Waals surface area contributed by atoms with E-state index >= 15 is 0 Å². The molecule has 2 heterocycles. The highest BCUT2D eigenvalue weighted by atomic mass is 35.5. The van der Waals surface area contributed by atoms with Gasteiger partial charge in [-0.2, -0.15) is 5.26 Å². The maximum Gasteiger partial charge on any atom is 0.101 e. The molecule has 0 spiro atoms. The van der Waals surface area contributed by atoms with E-state index in [2.05, 4.69) is 41.0 Å². The maximum absolute atomic E-state index is 11.1. The summed E-state index contributed by atoms with van der Waals surface area (Å²) in [6.45, 7) is 6.82. The molecule has 0 aromatic heterocycles. The Morgan fingerprint density at radius 1 is 1.24 bits per heavy atom. The summed E-state index contributed by atoms with van der Waals surface area (Å²) < 4.78 is 6.12. The highest BCUT2D eigenvalue weighted by Crippen LogP contribution is 2.31. The summed E-state index contributed by atoms with van der Waals surface area (Å²) in [5.74, 6) is 0. The number of likely N-dealkylation sites (tertiary alicyclic amines) is 1. The fourth-order valence-electron chi connectivity index (χ4n) is 5.37. The predicted octanol–water partition coefficient (Wildman–Crippen LogP) is 5.08. The smallest absolute Gasteiger partial charge is 0.101 e. The van der Waals surface area contributed by atoms with E-state index in [1.807, 2.05) is 12.1 Å². The Labute approximate surface area is 203 Å². The molecule has 1 N–H and O–H groups in total. The normalized spacial score (nSPS) is 23.9. The Bertz CT molecular complexity index is 908. The van der Waals surface area contributed by atoms with Gasteiger partial charge in [0.2, 0.25) is 0 Å². The summed E-state index contributed by atoms with van der Waals surface area (Å²) in [6, 6.07) is 8.18. The molecule has 2 unspecified atom stereocenters. The van der Waals surface area contributed by atoms with E-state index < -0.39 is 5.60 Å². The fourth-order valence-corrected chi connectivity index (χ4v) is 5.59. The third-order valence-electron chi connectivity index (χ3n) is 7.47. The van der Waals surface area contributed by atoms with Crippen molar-refractivity contribution in [3.8, 4) is 6.07 Å². The van der Waals surface area contributed by atoms with Crippen molar-refractivity contribution in [2.24, 2.45) is 0 Å². The summed E-state index contributed by atoms with van der Waals surface area (Å²) in [7, 11) is 0. The van der Waals surface area contributed by atoms with Crippen molar-refractivity contribution in [3.05, 3.63) is 52.6 Å². The summed E-state index contributed by atoms with van der Waals surface area (Å²) >= 11 is 6.19. The zero-order valence-electron chi connectivity index (χ0n) is 19.7. The van der Waals surface area contributed by atoms with E-state index in [9.17, 15) is 5.11 Å². The molecular weight excluding hydrogens is 434 g/mol. The fraction of sp³-hybridized carbons (Fsp3) is 0.593. The molecule has 2 aliphatic heterocycles. The molecule has 0 saturated carbocycles. The van der Waals surface area contributed by atoms with Crippen LogP contribution in [0, 0.1) is 11.3 Å². The minimum absolute atomic E-state index is 0.106. The van der Waals surface area contributed by atoms with Crippen LogP contribution in [0.5, 0.6) is 0 Å². The summed E-state index contributed by atoms with van der Waals surface area (Å²) in [4.78, 5) is 4.84. The first-order chi connectivity index (χ1) is 16.0. The number of hydrogen-bond donors (Lipinski definition) is 1. The van der Waals surface area contributed by atoms with Gasteiger partial charge in [0, 0.05) is 24.8 Å². The highest BCUT2D eigenvalue weighted by Gasteiger charge is 2.32. The van der Waals surface area contributed by atoms with Gasteiger partial charge in [0.25, 0.3) is 0 Å². The number of halogens is 1. The van der Waals surface area contributed by atoms with Crippen molar-refractivity contribution in [2.75, 3.05) is 37.7 Å². The number of rotatable bonds is 8. The maximum atomic E-state index is 11.1. The van der Waals surface area contributed by atoms with E-state index in [1.54, 1.807) is 6.07 Å². The summed E-state index contributed by atoms with van der Waals surface area (Å²) in [5.41, 5.74) is 2.25. The number of benzene rings is 1. The largest absolute Gasteiger partial charge is 0.390 e. The summed E-state index contributed by atoms with van der Waals surface area (Å²) in [6.07, 6.45) is 13.7. The third kappa shape index (κ3) is 6.00. The molecule has 0 radical (unpaired) electrons. The molecule has 5 nitrogen and oxygen atoms in total. The van der Waals surface area contributed by atoms with Crippen LogP contribution in [0.25, 0.3) is 0 Å². The Hall–Kier alpha value is -1.84. The monoisotopic (exact) mass is 469 g/mol. The van der Waals surface area contributed by atoms with Crippen LogP contribution in [0.3, 0.4) is 0 Å². The Kier molecular flexibility index (Phi) is 8.14. The van der Waals surface area contributed by atoms with Gasteiger partial charge in [0.15, 0.2) is 0 Å². The number of piperidine rings is 1. The van der Waals surface area contributed by atoms with Crippen LogP contribution < -0.4 is 4.90 Å². The van der Waals surface area contributed by atoms with Crippen LogP contribution in [0.15, 0.2) is 42.0 Å². The first kappa shape index (κ1) is 24.3. The van der Waals surface area contributed by atoms with E-state index in [4.69, 9.17) is 21.6 Å². The average molecular weight is 470 g/mol. The second kappa shape index (κ2) is 11.1. The lowest BCUT2D eigenvalue weighted by molar-refractivity contribution is -0.0264. The van der Waals surface area contributed by atoms with Crippen LogP contribution in [0.1, 0.15) is 57.4 Å². The van der Waals surface area contributed by atoms with Crippen molar-refractivity contribution in [1.82, 2.24) is 4.90 Å². The second-order valence-corrected chi connectivity index (χ2v) is 10.0. The van der Waals surface area contributed by atoms with Gasteiger partial charge >= 0.3 is 0 Å². The zero-order valence-corrected chi connectivity index (χ0v) is 20.4. The zero-order chi connectivity index (χ0) is 23.3. The molecule has 178 valence electrons. The van der Waals surface area contributed by atoms with Gasteiger partial charge in [-0.1, -0.05) is 36.8 Å². The van der Waals surface area contributed by atoms with Crippen LogP contribution in [0.4, 0.5) is 5.69 Å². The molecule has 1 aliphatic carbocycles. The Morgan fingerprint density at radius 3 is 2.61 bits per heavy atom. The molecule has 6 heteroatoms. The van der Waals surface area contributed by atoms with Gasteiger partial charge in [-0.15, -0.1) is 0 Å². The van der Waals surface area contributed by atoms with Gasteiger partial charge in [-0.25, -0.2) is 0 Å². The van der Waals surface area contributed by atoms with Crippen molar-refractivity contribution < 1.29 is 9.84 Å². The van der Waals surface area contributed by atoms with Crippen LogP contribution >= 0.6 is 11.6 Å². The van der Waals surface area contributed by atoms with Gasteiger partial charge in [-0.3, -0.25) is 4.90 Å². The Balaban J connectivity index is 1.21. The number of anilines is 1. The van der Waals surface area contributed by atoms with Gasteiger partial charge in [0.1, 0.15) is 6.07 Å². The molecule has 4 rings (SSSR count).